The van der Waals surface area contributed by atoms with E-state index in [0.29, 0.717) is 46.1 Å². The Hall–Kier alpha value is -7.95. The second kappa shape index (κ2) is 15.2. The van der Waals surface area contributed by atoms with Gasteiger partial charge >= 0.3 is 0 Å². The number of hydrogen-bond donors (Lipinski definition) is 0. The molecule has 0 aliphatic heterocycles. The normalized spacial score (nSPS) is 10.8. The number of rotatable bonds is 8. The van der Waals surface area contributed by atoms with E-state index in [2.05, 4.69) is 54.6 Å². The fraction of sp³-hybridized carbons (Fsp3) is 0. The average Bonchev–Trinajstić information content (AvgIpc) is 3.29. The molecule has 0 N–H and O–H groups in total. The minimum Gasteiger partial charge on any atom is -0.208 e. The molecule has 0 amide bonds. The molecule has 0 aliphatic carbocycles. The molecule has 9 rings (SSSR count). The lowest BCUT2D eigenvalue weighted by molar-refractivity contribution is 1.07. The Kier molecular flexibility index (Phi) is 9.18. The number of hydrogen-bond acceptors (Lipinski definition) is 7. The van der Waals surface area contributed by atoms with Gasteiger partial charge in [-0.1, -0.05) is 170 Å². The monoisotopic (exact) mass is 717 g/mol. The molecule has 0 spiro atoms. The molecule has 56 heavy (non-hydrogen) atoms. The first-order valence-corrected chi connectivity index (χ1v) is 18.2. The summed E-state index contributed by atoms with van der Waals surface area (Å²) in [6, 6.07) is 64.4. The van der Waals surface area contributed by atoms with Gasteiger partial charge < -0.3 is 0 Å². The zero-order valence-corrected chi connectivity index (χ0v) is 30.0. The molecule has 0 saturated heterocycles. The summed E-state index contributed by atoms with van der Waals surface area (Å²) in [5.41, 5.74) is 9.79. The summed E-state index contributed by atoms with van der Waals surface area (Å²) in [6.45, 7) is 0. The topological polar surface area (TPSA) is 101 Å². The molecule has 2 aromatic heterocycles. The third-order valence-corrected chi connectivity index (χ3v) is 9.47. The van der Waals surface area contributed by atoms with Gasteiger partial charge in [-0.15, -0.1) is 0 Å². The van der Waals surface area contributed by atoms with E-state index in [9.17, 15) is 5.26 Å². The molecule has 0 atom stereocenters. The van der Waals surface area contributed by atoms with Gasteiger partial charge in [-0.3, -0.25) is 0 Å². The molecule has 0 fully saturated rings. The van der Waals surface area contributed by atoms with Gasteiger partial charge in [0.15, 0.2) is 34.9 Å². The first kappa shape index (κ1) is 33.9. The summed E-state index contributed by atoms with van der Waals surface area (Å²) >= 11 is 0. The predicted octanol–water partition coefficient (Wildman–Crippen LogP) is 11.3. The molecule has 2 heterocycles. The van der Waals surface area contributed by atoms with Gasteiger partial charge in [0.25, 0.3) is 0 Å². The fourth-order valence-corrected chi connectivity index (χ4v) is 6.56. The Morgan fingerprint density at radius 1 is 0.268 bits per heavy atom. The largest absolute Gasteiger partial charge is 0.208 e. The van der Waals surface area contributed by atoms with Crippen molar-refractivity contribution < 1.29 is 0 Å². The number of nitriles is 1. The molecular weight excluding hydrogens is 687 g/mol. The highest BCUT2D eigenvalue weighted by Crippen LogP contribution is 2.32. The van der Waals surface area contributed by atoms with Crippen LogP contribution >= 0.6 is 0 Å². The lowest BCUT2D eigenvalue weighted by atomic mass is 10.0. The summed E-state index contributed by atoms with van der Waals surface area (Å²) in [7, 11) is 0. The minimum absolute atomic E-state index is 0.438. The van der Waals surface area contributed by atoms with Crippen molar-refractivity contribution in [3.63, 3.8) is 0 Å². The second-order valence-corrected chi connectivity index (χ2v) is 13.1. The van der Waals surface area contributed by atoms with Crippen LogP contribution in [0.3, 0.4) is 0 Å². The van der Waals surface area contributed by atoms with Crippen LogP contribution in [0.2, 0.25) is 0 Å². The predicted molar refractivity (Wildman–Crippen MR) is 221 cm³/mol. The van der Waals surface area contributed by atoms with Crippen molar-refractivity contribution in [3.8, 4) is 96.7 Å². The van der Waals surface area contributed by atoms with E-state index < -0.39 is 0 Å². The lowest BCUT2D eigenvalue weighted by Crippen LogP contribution is -2.01. The molecule has 7 nitrogen and oxygen atoms in total. The second-order valence-electron chi connectivity index (χ2n) is 13.1. The summed E-state index contributed by atoms with van der Waals surface area (Å²) < 4.78 is 0. The van der Waals surface area contributed by atoms with E-state index in [1.807, 2.05) is 133 Å². The summed E-state index contributed by atoms with van der Waals surface area (Å²) in [4.78, 5) is 29.4. The van der Waals surface area contributed by atoms with Crippen molar-refractivity contribution in [1.82, 2.24) is 29.9 Å². The fourth-order valence-electron chi connectivity index (χ4n) is 6.56. The van der Waals surface area contributed by atoms with Crippen molar-refractivity contribution in [3.05, 3.63) is 194 Å². The van der Waals surface area contributed by atoms with E-state index >= 15 is 0 Å². The summed E-state index contributed by atoms with van der Waals surface area (Å²) in [6.07, 6.45) is 0. The molecule has 9 aromatic rings. The van der Waals surface area contributed by atoms with Gasteiger partial charge in [0, 0.05) is 33.4 Å². The number of nitrogens with zero attached hydrogens (tertiary/aromatic N) is 7. The summed E-state index contributed by atoms with van der Waals surface area (Å²) in [5.74, 6) is 3.30. The SMILES string of the molecule is N#Cc1ccccc1-c1nc(-c2ccc(-c3ccccc3)cc2)nc(-c2ccc(-c3cccc(-c4nc(-c5ccccc5)nc(-c5ccccc5)n4)c3)cc2)n1. The number of aromatic nitrogens is 6. The van der Waals surface area contributed by atoms with Crippen LogP contribution in [0, 0.1) is 11.3 Å². The lowest BCUT2D eigenvalue weighted by Gasteiger charge is -2.11. The van der Waals surface area contributed by atoms with Gasteiger partial charge in [0.05, 0.1) is 11.6 Å². The van der Waals surface area contributed by atoms with Crippen LogP contribution < -0.4 is 0 Å². The quantitative estimate of drug-likeness (QED) is 0.154. The molecule has 0 saturated carbocycles. The van der Waals surface area contributed by atoms with Crippen LogP contribution in [0.1, 0.15) is 5.56 Å². The van der Waals surface area contributed by atoms with Crippen molar-refractivity contribution in [2.24, 2.45) is 0 Å². The van der Waals surface area contributed by atoms with Crippen LogP contribution in [-0.4, -0.2) is 29.9 Å². The maximum atomic E-state index is 9.92. The Balaban J connectivity index is 1.08. The highest BCUT2D eigenvalue weighted by Gasteiger charge is 2.16. The maximum Gasteiger partial charge on any atom is 0.165 e. The third kappa shape index (κ3) is 7.06. The van der Waals surface area contributed by atoms with Crippen LogP contribution in [0.25, 0.3) is 90.6 Å². The van der Waals surface area contributed by atoms with Gasteiger partial charge in [0.2, 0.25) is 0 Å². The van der Waals surface area contributed by atoms with E-state index in [-0.39, 0.29) is 0 Å². The zero-order chi connectivity index (χ0) is 37.7. The van der Waals surface area contributed by atoms with E-state index in [4.69, 9.17) is 29.9 Å². The highest BCUT2D eigenvalue weighted by molar-refractivity contribution is 5.76. The Morgan fingerprint density at radius 2 is 0.589 bits per heavy atom. The average molecular weight is 718 g/mol. The first-order valence-electron chi connectivity index (χ1n) is 18.2. The molecule has 0 aliphatic rings. The van der Waals surface area contributed by atoms with E-state index in [1.54, 1.807) is 6.07 Å². The van der Waals surface area contributed by atoms with Crippen LogP contribution in [0.4, 0.5) is 0 Å². The standard InChI is InChI=1S/C49H31N7/c50-32-42-19-10-11-22-43(42)49-55-46(38-27-23-34(24-28-38)33-13-4-1-5-14-33)52-47(56-49)39-29-25-35(26-30-39)40-20-12-21-41(31-40)48-53-44(36-15-6-2-7-16-36)51-45(54-48)37-17-8-3-9-18-37/h1-31H. The molecule has 0 radical (unpaired) electrons. The summed E-state index contributed by atoms with van der Waals surface area (Å²) in [5, 5.41) is 9.92. The van der Waals surface area contributed by atoms with Gasteiger partial charge in [0.1, 0.15) is 0 Å². The minimum atomic E-state index is 0.438. The van der Waals surface area contributed by atoms with Crippen LogP contribution in [-0.2, 0) is 0 Å². The van der Waals surface area contributed by atoms with Crippen molar-refractivity contribution >= 4 is 0 Å². The van der Waals surface area contributed by atoms with E-state index in [0.717, 1.165) is 50.1 Å². The number of benzene rings is 7. The highest BCUT2D eigenvalue weighted by atomic mass is 15.0. The Labute approximate surface area is 324 Å². The molecule has 7 aromatic carbocycles. The van der Waals surface area contributed by atoms with Crippen molar-refractivity contribution in [2.45, 2.75) is 0 Å². The van der Waals surface area contributed by atoms with E-state index in [1.165, 1.54) is 0 Å². The van der Waals surface area contributed by atoms with Crippen molar-refractivity contribution in [2.75, 3.05) is 0 Å². The molecule has 0 bridgehead atoms. The smallest absolute Gasteiger partial charge is 0.165 e. The Bertz CT molecular complexity index is 2780. The first-order chi connectivity index (χ1) is 27.7. The van der Waals surface area contributed by atoms with Crippen molar-refractivity contribution in [1.29, 1.82) is 5.26 Å². The van der Waals surface area contributed by atoms with Gasteiger partial charge in [-0.25, -0.2) is 29.9 Å². The molecule has 0 unspecified atom stereocenters. The van der Waals surface area contributed by atoms with Gasteiger partial charge in [-0.05, 0) is 40.5 Å². The van der Waals surface area contributed by atoms with Crippen LogP contribution in [0.5, 0.6) is 0 Å². The molecular formula is C49H31N7. The molecule has 262 valence electrons. The maximum absolute atomic E-state index is 9.92. The Morgan fingerprint density at radius 3 is 1.09 bits per heavy atom. The van der Waals surface area contributed by atoms with Gasteiger partial charge in [-0.2, -0.15) is 5.26 Å². The third-order valence-electron chi connectivity index (χ3n) is 9.47. The zero-order valence-electron chi connectivity index (χ0n) is 30.0. The van der Waals surface area contributed by atoms with Crippen LogP contribution in [0.15, 0.2) is 188 Å². The molecule has 7 heteroatoms.